The zero-order valence-corrected chi connectivity index (χ0v) is 14.6. The largest absolute Gasteiger partial charge is 0.358 e. The van der Waals surface area contributed by atoms with Crippen LogP contribution in [0.5, 0.6) is 0 Å². The molecule has 2 heterocycles. The quantitative estimate of drug-likeness (QED) is 0.854. The molecule has 0 spiro atoms. The maximum Gasteiger partial charge on any atom is 0.0459 e. The Morgan fingerprint density at radius 1 is 1.08 bits per heavy atom. The number of hydrogen-bond donors (Lipinski definition) is 1. The van der Waals surface area contributed by atoms with Gasteiger partial charge in [0.15, 0.2) is 0 Å². The summed E-state index contributed by atoms with van der Waals surface area (Å²) in [6.45, 7) is 2.72. The van der Waals surface area contributed by atoms with Gasteiger partial charge >= 0.3 is 0 Å². The van der Waals surface area contributed by atoms with E-state index >= 15 is 0 Å². The Morgan fingerprint density at radius 2 is 2.00 bits per heavy atom. The number of likely N-dealkylation sites (tertiary alicyclic amines) is 1. The number of aromatic nitrogens is 1. The van der Waals surface area contributed by atoms with Gasteiger partial charge in [0.2, 0.25) is 0 Å². The minimum absolute atomic E-state index is 0.468. The molecule has 24 heavy (non-hydrogen) atoms. The highest BCUT2D eigenvalue weighted by molar-refractivity contribution is 5.85. The number of fused-ring (bicyclic) bond motifs is 3. The fourth-order valence-electron chi connectivity index (χ4n) is 6.51. The number of hydrogen-bond acceptors (Lipinski definition) is 1. The van der Waals surface area contributed by atoms with Crippen LogP contribution < -0.4 is 0 Å². The zero-order chi connectivity index (χ0) is 15.7. The van der Waals surface area contributed by atoms with E-state index in [2.05, 4.69) is 34.1 Å². The van der Waals surface area contributed by atoms with Crippen molar-refractivity contribution in [2.24, 2.45) is 11.8 Å². The van der Waals surface area contributed by atoms with Gasteiger partial charge in [-0.25, -0.2) is 0 Å². The molecule has 3 aliphatic carbocycles. The molecule has 1 aliphatic heterocycles. The molecule has 2 saturated carbocycles. The Hall–Kier alpha value is -1.28. The number of piperidine rings is 1. The van der Waals surface area contributed by atoms with E-state index in [0.29, 0.717) is 5.41 Å². The van der Waals surface area contributed by atoms with E-state index in [1.165, 1.54) is 75.4 Å². The lowest BCUT2D eigenvalue weighted by molar-refractivity contribution is -0.0148. The van der Waals surface area contributed by atoms with Gasteiger partial charge in [-0.1, -0.05) is 31.0 Å². The van der Waals surface area contributed by atoms with Crippen molar-refractivity contribution in [1.29, 1.82) is 0 Å². The Morgan fingerprint density at radius 3 is 2.92 bits per heavy atom. The van der Waals surface area contributed by atoms with Crippen LogP contribution in [0.1, 0.15) is 56.2 Å². The fourth-order valence-corrected chi connectivity index (χ4v) is 6.51. The molecule has 2 heteroatoms. The molecule has 1 aromatic heterocycles. The second kappa shape index (κ2) is 4.88. The van der Waals surface area contributed by atoms with Gasteiger partial charge in [0, 0.05) is 34.6 Å². The van der Waals surface area contributed by atoms with E-state index in [-0.39, 0.29) is 0 Å². The fraction of sp³-hybridized carbons (Fsp3) is 0.636. The average Bonchev–Trinajstić information content (AvgIpc) is 3.36. The van der Waals surface area contributed by atoms with Crippen LogP contribution in [0.4, 0.5) is 0 Å². The first-order valence-electron chi connectivity index (χ1n) is 10.2. The predicted octanol–water partition coefficient (Wildman–Crippen LogP) is 4.64. The lowest BCUT2D eigenvalue weighted by Gasteiger charge is -2.58. The van der Waals surface area contributed by atoms with Crippen LogP contribution >= 0.6 is 0 Å². The summed E-state index contributed by atoms with van der Waals surface area (Å²) in [5.74, 6) is 1.92. The van der Waals surface area contributed by atoms with Gasteiger partial charge in [-0.2, -0.15) is 0 Å². The van der Waals surface area contributed by atoms with Crippen molar-refractivity contribution in [2.45, 2.75) is 62.8 Å². The Labute approximate surface area is 144 Å². The molecule has 3 fully saturated rings. The number of aromatic amines is 1. The third kappa shape index (κ3) is 1.81. The number of nitrogens with one attached hydrogen (secondary N) is 1. The Balaban J connectivity index is 1.51. The van der Waals surface area contributed by atoms with E-state index in [0.717, 1.165) is 17.9 Å². The number of benzene rings is 1. The highest BCUT2D eigenvalue weighted by Gasteiger charge is 2.55. The van der Waals surface area contributed by atoms with Crippen molar-refractivity contribution < 1.29 is 0 Å². The summed E-state index contributed by atoms with van der Waals surface area (Å²) in [5, 5.41) is 1.51. The molecule has 1 N–H and O–H groups in total. The molecule has 2 bridgehead atoms. The van der Waals surface area contributed by atoms with Crippen molar-refractivity contribution in [1.82, 2.24) is 9.88 Å². The number of H-pyrrole nitrogens is 1. The molecule has 6 rings (SSSR count). The van der Waals surface area contributed by atoms with Gasteiger partial charge in [0.1, 0.15) is 0 Å². The van der Waals surface area contributed by atoms with E-state index in [9.17, 15) is 0 Å². The molecule has 4 aliphatic rings. The van der Waals surface area contributed by atoms with Crippen molar-refractivity contribution >= 4 is 10.9 Å². The zero-order valence-electron chi connectivity index (χ0n) is 14.6. The van der Waals surface area contributed by atoms with Crippen LogP contribution in [0.2, 0.25) is 0 Å². The van der Waals surface area contributed by atoms with Crippen LogP contribution in [0, 0.1) is 11.8 Å². The van der Waals surface area contributed by atoms with Gasteiger partial charge in [0.05, 0.1) is 0 Å². The van der Waals surface area contributed by atoms with Crippen molar-refractivity contribution in [3.8, 4) is 0 Å². The molecule has 1 saturated heterocycles. The molecule has 2 aromatic rings. The Kier molecular flexibility index (Phi) is 2.84. The molecule has 1 unspecified atom stereocenters. The summed E-state index contributed by atoms with van der Waals surface area (Å²) >= 11 is 0. The summed E-state index contributed by atoms with van der Waals surface area (Å²) in [6, 6.07) is 9.86. The van der Waals surface area contributed by atoms with E-state index < -0.39 is 0 Å². The highest BCUT2D eigenvalue weighted by Crippen LogP contribution is 2.56. The normalized spacial score (nSPS) is 35.7. The summed E-state index contributed by atoms with van der Waals surface area (Å²) in [6.07, 6.45) is 11.4. The Bertz CT molecular complexity index is 786. The first-order chi connectivity index (χ1) is 11.9. The highest BCUT2D eigenvalue weighted by atomic mass is 15.2. The second-order valence-electron chi connectivity index (χ2n) is 8.99. The molecular weight excluding hydrogens is 292 g/mol. The van der Waals surface area contributed by atoms with Crippen LogP contribution in [0.3, 0.4) is 0 Å². The first kappa shape index (κ1) is 13.9. The number of nitrogens with zero attached hydrogens (tertiary/aromatic N) is 1. The summed E-state index contributed by atoms with van der Waals surface area (Å²) < 4.78 is 0. The van der Waals surface area contributed by atoms with Crippen LogP contribution in [-0.4, -0.2) is 29.0 Å². The molecule has 1 aromatic carbocycles. The predicted molar refractivity (Wildman–Crippen MR) is 98.3 cm³/mol. The number of rotatable bonds is 2. The van der Waals surface area contributed by atoms with Crippen molar-refractivity contribution in [3.63, 3.8) is 0 Å². The maximum atomic E-state index is 3.91. The lowest BCUT2D eigenvalue weighted by Crippen LogP contribution is -2.61. The van der Waals surface area contributed by atoms with Gasteiger partial charge in [-0.15, -0.1) is 0 Å². The third-order valence-corrected chi connectivity index (χ3v) is 7.79. The van der Waals surface area contributed by atoms with Gasteiger partial charge in [0.25, 0.3) is 0 Å². The summed E-state index contributed by atoms with van der Waals surface area (Å²) in [4.78, 5) is 6.82. The van der Waals surface area contributed by atoms with E-state index in [4.69, 9.17) is 0 Å². The molecular formula is C22H28N2. The smallest absolute Gasteiger partial charge is 0.0459 e. The van der Waals surface area contributed by atoms with Crippen LogP contribution in [0.15, 0.2) is 24.3 Å². The maximum absolute atomic E-state index is 3.91. The first-order valence-corrected chi connectivity index (χ1v) is 10.2. The topological polar surface area (TPSA) is 19.0 Å². The van der Waals surface area contributed by atoms with Crippen molar-refractivity contribution in [3.05, 3.63) is 35.5 Å². The minimum atomic E-state index is 0.468. The van der Waals surface area contributed by atoms with Crippen molar-refractivity contribution in [2.75, 3.05) is 13.1 Å². The standard InChI is InChI=1S/C22H28N2/c1-2-7-19-16(5-1)17-13-20-18-6-3-4-10-22(18,21(17)23-19)11-12-24(20)14-15-8-9-15/h1-2,5,7,15,18,20,23H,3-4,6,8-14H2/t18?,20-,22-/m0/s1. The van der Waals surface area contributed by atoms with Crippen LogP contribution in [-0.2, 0) is 11.8 Å². The molecule has 0 radical (unpaired) electrons. The monoisotopic (exact) mass is 320 g/mol. The third-order valence-electron chi connectivity index (χ3n) is 7.79. The summed E-state index contributed by atoms with van der Waals surface area (Å²) in [5.41, 5.74) is 5.17. The number of para-hydroxylation sites is 1. The average molecular weight is 320 g/mol. The van der Waals surface area contributed by atoms with Crippen LogP contribution in [0.25, 0.3) is 10.9 Å². The molecule has 126 valence electrons. The van der Waals surface area contributed by atoms with Gasteiger partial charge in [-0.3, -0.25) is 4.90 Å². The SMILES string of the molecule is c1ccc2c3c([nH]c2c1)[C@]12CCCCC1[C@H](C3)N(CC1CC1)CC2. The summed E-state index contributed by atoms with van der Waals surface area (Å²) in [7, 11) is 0. The second-order valence-corrected chi connectivity index (χ2v) is 8.99. The van der Waals surface area contributed by atoms with E-state index in [1.807, 2.05) is 0 Å². The minimum Gasteiger partial charge on any atom is -0.358 e. The lowest BCUT2D eigenvalue weighted by atomic mass is 9.54. The molecule has 0 amide bonds. The molecule has 3 atom stereocenters. The van der Waals surface area contributed by atoms with Gasteiger partial charge < -0.3 is 4.98 Å². The van der Waals surface area contributed by atoms with Gasteiger partial charge in [-0.05, 0) is 68.5 Å². The molecule has 2 nitrogen and oxygen atoms in total. The van der Waals surface area contributed by atoms with E-state index in [1.54, 1.807) is 11.3 Å².